The van der Waals surface area contributed by atoms with Crippen LogP contribution >= 0.6 is 0 Å². The van der Waals surface area contributed by atoms with Gasteiger partial charge in [-0.05, 0) is 49.6 Å². The number of benzene rings is 2. The molecule has 1 heterocycles. The second-order valence-corrected chi connectivity index (χ2v) is 7.17. The lowest BCUT2D eigenvalue weighted by molar-refractivity contribution is -0.124. The number of fused-ring (bicyclic) bond motifs is 1. The molecule has 0 bridgehead atoms. The van der Waals surface area contributed by atoms with Crippen LogP contribution in [-0.2, 0) is 22.5 Å². The number of rotatable bonds is 10. The highest BCUT2D eigenvalue weighted by molar-refractivity contribution is 5.77. The van der Waals surface area contributed by atoms with Gasteiger partial charge in [-0.25, -0.2) is 4.98 Å². The number of hydrogen-bond acceptors (Lipinski definition) is 4. The number of aryl methyl sites for hydroxylation is 3. The number of nitrogens with one attached hydrogen (secondary N) is 1. The molecule has 29 heavy (non-hydrogen) atoms. The van der Waals surface area contributed by atoms with Gasteiger partial charge in [-0.2, -0.15) is 0 Å². The first-order valence-corrected chi connectivity index (χ1v) is 9.98. The van der Waals surface area contributed by atoms with E-state index >= 15 is 0 Å². The Labute approximate surface area is 171 Å². The van der Waals surface area contributed by atoms with Gasteiger partial charge in [0.2, 0.25) is 5.91 Å². The average molecular weight is 396 g/mol. The zero-order valence-electron chi connectivity index (χ0n) is 17.4. The Kier molecular flexibility index (Phi) is 7.25. The summed E-state index contributed by atoms with van der Waals surface area (Å²) in [5.41, 5.74) is 4.42. The van der Waals surface area contributed by atoms with Crippen molar-refractivity contribution in [2.75, 3.05) is 26.9 Å². The summed E-state index contributed by atoms with van der Waals surface area (Å²) < 4.78 is 13.1. The molecule has 3 aromatic rings. The minimum absolute atomic E-state index is 0.0915. The molecule has 0 atom stereocenters. The largest absolute Gasteiger partial charge is 0.491 e. The molecule has 1 amide bonds. The Hall–Kier alpha value is -2.86. The Morgan fingerprint density at radius 3 is 2.83 bits per heavy atom. The first-order chi connectivity index (χ1) is 14.1. The van der Waals surface area contributed by atoms with E-state index in [-0.39, 0.29) is 12.5 Å². The molecule has 0 aliphatic rings. The van der Waals surface area contributed by atoms with E-state index < -0.39 is 0 Å². The third kappa shape index (κ3) is 5.57. The number of para-hydroxylation sites is 2. The summed E-state index contributed by atoms with van der Waals surface area (Å²) in [4.78, 5) is 16.3. The number of imidazole rings is 1. The molecular formula is C23H29N3O3. The summed E-state index contributed by atoms with van der Waals surface area (Å²) in [5, 5.41) is 2.86. The van der Waals surface area contributed by atoms with Crippen LogP contribution in [0, 0.1) is 13.8 Å². The second-order valence-electron chi connectivity index (χ2n) is 7.17. The quantitative estimate of drug-likeness (QED) is 0.534. The lowest BCUT2D eigenvalue weighted by Crippen LogP contribution is -2.28. The van der Waals surface area contributed by atoms with E-state index in [1.54, 1.807) is 0 Å². The topological polar surface area (TPSA) is 65.4 Å². The van der Waals surface area contributed by atoms with Crippen LogP contribution in [-0.4, -0.2) is 42.3 Å². The van der Waals surface area contributed by atoms with Crippen LogP contribution < -0.4 is 10.1 Å². The Balaban J connectivity index is 1.65. The van der Waals surface area contributed by atoms with Crippen molar-refractivity contribution in [2.45, 2.75) is 33.2 Å². The van der Waals surface area contributed by atoms with E-state index in [1.807, 2.05) is 18.2 Å². The van der Waals surface area contributed by atoms with Gasteiger partial charge in [0.05, 0.1) is 17.6 Å². The molecule has 6 nitrogen and oxygen atoms in total. The van der Waals surface area contributed by atoms with E-state index in [9.17, 15) is 4.79 Å². The Morgan fingerprint density at radius 1 is 1.17 bits per heavy atom. The van der Waals surface area contributed by atoms with Gasteiger partial charge in [0.15, 0.2) is 0 Å². The number of hydrogen-bond donors (Lipinski definition) is 1. The smallest absolute Gasteiger partial charge is 0.245 e. The molecule has 1 aromatic heterocycles. The van der Waals surface area contributed by atoms with Gasteiger partial charge in [-0.15, -0.1) is 0 Å². The minimum Gasteiger partial charge on any atom is -0.491 e. The van der Waals surface area contributed by atoms with Gasteiger partial charge < -0.3 is 19.4 Å². The summed E-state index contributed by atoms with van der Waals surface area (Å²) in [6.45, 7) is 6.12. The van der Waals surface area contributed by atoms with E-state index in [0.29, 0.717) is 13.2 Å². The molecule has 6 heteroatoms. The van der Waals surface area contributed by atoms with Crippen LogP contribution in [0.4, 0.5) is 0 Å². The number of ether oxygens (including phenoxy) is 2. The van der Waals surface area contributed by atoms with Gasteiger partial charge in [0.1, 0.15) is 24.8 Å². The summed E-state index contributed by atoms with van der Waals surface area (Å²) in [5.74, 6) is 1.84. The number of aromatic nitrogens is 2. The van der Waals surface area contributed by atoms with Crippen LogP contribution in [0.3, 0.4) is 0 Å². The van der Waals surface area contributed by atoms with E-state index in [2.05, 4.69) is 48.0 Å². The maximum Gasteiger partial charge on any atom is 0.245 e. The normalized spacial score (nSPS) is 11.0. The molecule has 0 unspecified atom stereocenters. The molecule has 2 aromatic carbocycles. The molecule has 0 fully saturated rings. The highest BCUT2D eigenvalue weighted by atomic mass is 16.5. The zero-order chi connectivity index (χ0) is 20.6. The summed E-state index contributed by atoms with van der Waals surface area (Å²) in [6.07, 6.45) is 1.60. The van der Waals surface area contributed by atoms with E-state index in [1.165, 1.54) is 12.7 Å². The predicted molar refractivity (Wildman–Crippen MR) is 114 cm³/mol. The SMILES string of the molecule is COCC(=O)NCCCc1nc2ccccc2n1CCOc1cc(C)ccc1C. The highest BCUT2D eigenvalue weighted by Crippen LogP contribution is 2.20. The number of methoxy groups -OCH3 is 1. The fourth-order valence-corrected chi connectivity index (χ4v) is 3.33. The van der Waals surface area contributed by atoms with Crippen molar-refractivity contribution in [3.8, 4) is 5.75 Å². The fourth-order valence-electron chi connectivity index (χ4n) is 3.33. The lowest BCUT2D eigenvalue weighted by Gasteiger charge is -2.13. The van der Waals surface area contributed by atoms with Crippen molar-refractivity contribution < 1.29 is 14.3 Å². The number of nitrogens with zero attached hydrogens (tertiary/aromatic N) is 2. The van der Waals surface area contributed by atoms with Crippen LogP contribution in [0.1, 0.15) is 23.4 Å². The molecule has 0 radical (unpaired) electrons. The monoisotopic (exact) mass is 395 g/mol. The third-order valence-electron chi connectivity index (χ3n) is 4.82. The maximum atomic E-state index is 11.5. The Morgan fingerprint density at radius 2 is 2.00 bits per heavy atom. The van der Waals surface area contributed by atoms with E-state index in [4.69, 9.17) is 14.5 Å². The molecule has 3 rings (SSSR count). The van der Waals surface area contributed by atoms with Crippen molar-refractivity contribution in [3.63, 3.8) is 0 Å². The molecule has 0 saturated heterocycles. The predicted octanol–water partition coefficient (Wildman–Crippen LogP) is 3.43. The molecular weight excluding hydrogens is 366 g/mol. The Bertz CT molecular complexity index is 965. The lowest BCUT2D eigenvalue weighted by atomic mass is 10.1. The van der Waals surface area contributed by atoms with Gasteiger partial charge in [-0.3, -0.25) is 4.79 Å². The van der Waals surface area contributed by atoms with Gasteiger partial charge in [0.25, 0.3) is 0 Å². The summed E-state index contributed by atoms with van der Waals surface area (Å²) >= 11 is 0. The first kappa shape index (κ1) is 20.9. The molecule has 0 saturated carbocycles. The molecule has 0 spiro atoms. The average Bonchev–Trinajstić information content (AvgIpc) is 3.06. The fraction of sp³-hybridized carbons (Fsp3) is 0.391. The van der Waals surface area contributed by atoms with Crippen LogP contribution in [0.25, 0.3) is 11.0 Å². The van der Waals surface area contributed by atoms with Crippen molar-refractivity contribution in [1.29, 1.82) is 0 Å². The van der Waals surface area contributed by atoms with Crippen LogP contribution in [0.15, 0.2) is 42.5 Å². The van der Waals surface area contributed by atoms with Gasteiger partial charge >= 0.3 is 0 Å². The highest BCUT2D eigenvalue weighted by Gasteiger charge is 2.11. The molecule has 1 N–H and O–H groups in total. The van der Waals surface area contributed by atoms with Gasteiger partial charge in [0, 0.05) is 20.1 Å². The number of amides is 1. The molecule has 0 aliphatic heterocycles. The van der Waals surface area contributed by atoms with Crippen molar-refractivity contribution in [2.24, 2.45) is 0 Å². The summed E-state index contributed by atoms with van der Waals surface area (Å²) in [7, 11) is 1.52. The minimum atomic E-state index is -0.0945. The maximum absolute atomic E-state index is 11.5. The van der Waals surface area contributed by atoms with Gasteiger partial charge in [-0.1, -0.05) is 24.3 Å². The molecule has 0 aliphatic carbocycles. The third-order valence-corrected chi connectivity index (χ3v) is 4.82. The number of carbonyl (C=O) groups excluding carboxylic acids is 1. The van der Waals surface area contributed by atoms with Crippen molar-refractivity contribution >= 4 is 16.9 Å². The first-order valence-electron chi connectivity index (χ1n) is 9.98. The second kappa shape index (κ2) is 10.1. The zero-order valence-corrected chi connectivity index (χ0v) is 17.4. The van der Waals surface area contributed by atoms with Crippen LogP contribution in [0.5, 0.6) is 5.75 Å². The summed E-state index contributed by atoms with van der Waals surface area (Å²) in [6, 6.07) is 14.4. The molecule has 154 valence electrons. The van der Waals surface area contributed by atoms with Crippen LogP contribution in [0.2, 0.25) is 0 Å². The standard InChI is InChI=1S/C23H29N3O3/c1-17-10-11-18(2)21(15-17)29-14-13-26-20-8-5-4-7-19(20)25-22(26)9-6-12-24-23(27)16-28-3/h4-5,7-8,10-11,15H,6,9,12-14,16H2,1-3H3,(H,24,27). The van der Waals surface area contributed by atoms with Crippen molar-refractivity contribution in [1.82, 2.24) is 14.9 Å². The van der Waals surface area contributed by atoms with E-state index in [0.717, 1.165) is 47.6 Å². The number of carbonyl (C=O) groups is 1. The van der Waals surface area contributed by atoms with Crippen molar-refractivity contribution in [3.05, 3.63) is 59.4 Å².